The van der Waals surface area contributed by atoms with E-state index >= 15 is 0 Å². The van der Waals surface area contributed by atoms with Crippen molar-refractivity contribution in [1.82, 2.24) is 9.97 Å². The second-order valence-electron chi connectivity index (χ2n) is 5.65. The van der Waals surface area contributed by atoms with Gasteiger partial charge < -0.3 is 10.1 Å². The number of amides is 1. The maximum Gasteiger partial charge on any atom is 0.416 e. The highest BCUT2D eigenvalue weighted by atomic mass is 79.9. The molecule has 148 valence electrons. The van der Waals surface area contributed by atoms with Crippen molar-refractivity contribution < 1.29 is 27.5 Å². The van der Waals surface area contributed by atoms with Crippen LogP contribution in [0.2, 0.25) is 0 Å². The zero-order valence-electron chi connectivity index (χ0n) is 14.4. The van der Waals surface area contributed by atoms with E-state index in [0.29, 0.717) is 4.47 Å². The molecule has 3 aromatic rings. The second-order valence-corrected chi connectivity index (χ2v) is 6.57. The fourth-order valence-corrected chi connectivity index (χ4v) is 2.61. The van der Waals surface area contributed by atoms with E-state index in [9.17, 15) is 22.8 Å². The van der Waals surface area contributed by atoms with Crippen LogP contribution in [0.5, 0.6) is 5.75 Å². The van der Waals surface area contributed by atoms with E-state index in [1.807, 2.05) is 0 Å². The number of nitrogens with one attached hydrogen (secondary N) is 1. The summed E-state index contributed by atoms with van der Waals surface area (Å²) in [7, 11) is 0. The molecule has 3 rings (SSSR count). The third kappa shape index (κ3) is 5.17. The lowest BCUT2D eigenvalue weighted by molar-refractivity contribution is -0.137. The molecule has 1 aromatic heterocycles. The van der Waals surface area contributed by atoms with Crippen molar-refractivity contribution in [3.05, 3.63) is 82.3 Å². The van der Waals surface area contributed by atoms with E-state index in [2.05, 4.69) is 31.2 Å². The summed E-state index contributed by atoms with van der Waals surface area (Å²) in [4.78, 5) is 32.4. The molecule has 0 atom stereocenters. The summed E-state index contributed by atoms with van der Waals surface area (Å²) in [5.41, 5.74) is -0.734. The molecule has 0 fully saturated rings. The Morgan fingerprint density at radius 1 is 1.03 bits per heavy atom. The maximum atomic E-state index is 12.6. The SMILES string of the molecule is O=C(Oc1cc(Br)ccc1C(=O)Nc1ccc(C(F)(F)F)cc1)c1cnccn1. The van der Waals surface area contributed by atoms with Crippen LogP contribution < -0.4 is 10.1 Å². The van der Waals surface area contributed by atoms with Gasteiger partial charge in [0.1, 0.15) is 5.75 Å². The number of rotatable bonds is 4. The zero-order chi connectivity index (χ0) is 21.0. The van der Waals surface area contributed by atoms with E-state index in [1.165, 1.54) is 30.7 Å². The molecule has 0 aliphatic rings. The number of alkyl halides is 3. The van der Waals surface area contributed by atoms with Crippen molar-refractivity contribution >= 4 is 33.5 Å². The van der Waals surface area contributed by atoms with Gasteiger partial charge in [0.25, 0.3) is 5.91 Å². The van der Waals surface area contributed by atoms with Crippen LogP contribution in [0, 0.1) is 0 Å². The highest BCUT2D eigenvalue weighted by Crippen LogP contribution is 2.30. The number of anilines is 1. The summed E-state index contributed by atoms with van der Waals surface area (Å²) in [6, 6.07) is 8.34. The molecule has 1 N–H and O–H groups in total. The minimum atomic E-state index is -4.48. The van der Waals surface area contributed by atoms with Crippen molar-refractivity contribution in [1.29, 1.82) is 0 Å². The van der Waals surface area contributed by atoms with Crippen LogP contribution in [0.1, 0.15) is 26.4 Å². The van der Waals surface area contributed by atoms with Crippen LogP contribution in [-0.2, 0) is 6.18 Å². The number of carbonyl (C=O) groups excluding carboxylic acids is 2. The topological polar surface area (TPSA) is 81.2 Å². The van der Waals surface area contributed by atoms with Gasteiger partial charge in [0.05, 0.1) is 17.3 Å². The molecule has 0 aliphatic heterocycles. The van der Waals surface area contributed by atoms with Crippen LogP contribution in [0.4, 0.5) is 18.9 Å². The average molecular weight is 466 g/mol. The van der Waals surface area contributed by atoms with Gasteiger partial charge in [0.2, 0.25) is 0 Å². The zero-order valence-corrected chi connectivity index (χ0v) is 16.0. The number of benzene rings is 2. The van der Waals surface area contributed by atoms with Gasteiger partial charge in [0, 0.05) is 22.6 Å². The molecule has 0 spiro atoms. The van der Waals surface area contributed by atoms with E-state index in [-0.39, 0.29) is 22.7 Å². The van der Waals surface area contributed by atoms with Gasteiger partial charge in [-0.1, -0.05) is 15.9 Å². The molecule has 1 amide bonds. The number of esters is 1. The van der Waals surface area contributed by atoms with Crippen molar-refractivity contribution in [2.75, 3.05) is 5.32 Å². The van der Waals surface area contributed by atoms with E-state index in [4.69, 9.17) is 4.74 Å². The number of halogens is 4. The number of hydrogen-bond acceptors (Lipinski definition) is 5. The lowest BCUT2D eigenvalue weighted by Gasteiger charge is -2.12. The van der Waals surface area contributed by atoms with E-state index in [0.717, 1.165) is 24.3 Å². The molecular formula is C19H11BrF3N3O3. The van der Waals surface area contributed by atoms with Gasteiger partial charge in [-0.2, -0.15) is 13.2 Å². The summed E-state index contributed by atoms with van der Waals surface area (Å²) in [5, 5.41) is 2.47. The lowest BCUT2D eigenvalue weighted by Crippen LogP contribution is -2.17. The van der Waals surface area contributed by atoms with Gasteiger partial charge >= 0.3 is 12.1 Å². The smallest absolute Gasteiger partial charge is 0.416 e. The molecule has 0 aliphatic carbocycles. The molecule has 0 bridgehead atoms. The fraction of sp³-hybridized carbons (Fsp3) is 0.0526. The quantitative estimate of drug-likeness (QED) is 0.444. The van der Waals surface area contributed by atoms with E-state index < -0.39 is 23.6 Å². The first-order chi connectivity index (χ1) is 13.7. The van der Waals surface area contributed by atoms with Crippen LogP contribution in [0.25, 0.3) is 0 Å². The van der Waals surface area contributed by atoms with Gasteiger partial charge in [-0.3, -0.25) is 9.78 Å². The predicted molar refractivity (Wildman–Crippen MR) is 101 cm³/mol. The van der Waals surface area contributed by atoms with Crippen molar-refractivity contribution in [3.63, 3.8) is 0 Å². The van der Waals surface area contributed by atoms with Gasteiger partial charge in [-0.05, 0) is 42.5 Å². The molecule has 0 saturated heterocycles. The Morgan fingerprint density at radius 3 is 2.38 bits per heavy atom. The van der Waals surface area contributed by atoms with Crippen LogP contribution in [-0.4, -0.2) is 21.8 Å². The Kier molecular flexibility index (Phi) is 5.92. The molecule has 6 nitrogen and oxygen atoms in total. The van der Waals surface area contributed by atoms with Crippen molar-refractivity contribution in [2.45, 2.75) is 6.18 Å². The maximum absolute atomic E-state index is 12.6. The summed E-state index contributed by atoms with van der Waals surface area (Å²) in [5.74, 6) is -1.54. The standard InChI is InChI=1S/C19H11BrF3N3O3/c20-12-3-6-14(16(9-12)29-18(28)15-10-24-7-8-25-15)17(27)26-13-4-1-11(2-5-13)19(21,22)23/h1-10H,(H,26,27). The molecule has 2 aromatic carbocycles. The number of hydrogen-bond donors (Lipinski definition) is 1. The lowest BCUT2D eigenvalue weighted by atomic mass is 10.1. The predicted octanol–water partition coefficient (Wildman–Crippen LogP) is 4.73. The third-order valence-corrected chi connectivity index (χ3v) is 4.13. The highest BCUT2D eigenvalue weighted by molar-refractivity contribution is 9.10. The van der Waals surface area contributed by atoms with Gasteiger partial charge in [-0.15, -0.1) is 0 Å². The first-order valence-corrected chi connectivity index (χ1v) is 8.80. The van der Waals surface area contributed by atoms with Crippen LogP contribution in [0.15, 0.2) is 65.5 Å². The van der Waals surface area contributed by atoms with Crippen molar-refractivity contribution in [2.24, 2.45) is 0 Å². The number of ether oxygens (including phenoxy) is 1. The average Bonchev–Trinajstić information content (AvgIpc) is 2.68. The Bertz CT molecular complexity index is 1040. The largest absolute Gasteiger partial charge is 0.421 e. The Balaban J connectivity index is 1.81. The highest BCUT2D eigenvalue weighted by Gasteiger charge is 2.30. The van der Waals surface area contributed by atoms with Gasteiger partial charge in [-0.25, -0.2) is 9.78 Å². The van der Waals surface area contributed by atoms with Gasteiger partial charge in [0.15, 0.2) is 5.69 Å². The monoisotopic (exact) mass is 465 g/mol. The van der Waals surface area contributed by atoms with Crippen molar-refractivity contribution in [3.8, 4) is 5.75 Å². The fourth-order valence-electron chi connectivity index (χ4n) is 2.27. The van der Waals surface area contributed by atoms with E-state index in [1.54, 1.807) is 6.07 Å². The Hall–Kier alpha value is -3.27. The summed E-state index contributed by atoms with van der Waals surface area (Å²) >= 11 is 3.23. The summed E-state index contributed by atoms with van der Waals surface area (Å²) in [6.45, 7) is 0. The third-order valence-electron chi connectivity index (χ3n) is 3.63. The minimum absolute atomic E-state index is 0.00494. The number of nitrogens with zero attached hydrogens (tertiary/aromatic N) is 2. The molecule has 10 heteroatoms. The molecular weight excluding hydrogens is 455 g/mol. The molecule has 0 unspecified atom stereocenters. The first-order valence-electron chi connectivity index (χ1n) is 8.00. The first kappa shape index (κ1) is 20.5. The summed E-state index contributed by atoms with van der Waals surface area (Å²) < 4.78 is 43.7. The Morgan fingerprint density at radius 2 is 1.76 bits per heavy atom. The number of aromatic nitrogens is 2. The van der Waals surface area contributed by atoms with Crippen LogP contribution in [0.3, 0.4) is 0 Å². The number of carbonyl (C=O) groups is 2. The van der Waals surface area contributed by atoms with Crippen LogP contribution >= 0.6 is 15.9 Å². The second kappa shape index (κ2) is 8.39. The Labute approximate surface area is 170 Å². The summed E-state index contributed by atoms with van der Waals surface area (Å²) in [6.07, 6.45) is -0.563. The molecule has 29 heavy (non-hydrogen) atoms. The molecule has 0 radical (unpaired) electrons. The molecule has 1 heterocycles. The normalized spacial score (nSPS) is 11.0. The minimum Gasteiger partial charge on any atom is -0.421 e. The molecule has 0 saturated carbocycles.